The van der Waals surface area contributed by atoms with Crippen LogP contribution >= 0.6 is 11.6 Å². The lowest BCUT2D eigenvalue weighted by Gasteiger charge is -2.42. The number of ether oxygens (including phenoxy) is 2. The molecule has 0 aliphatic carbocycles. The molecular formula is C12H18ClN3O2. The monoisotopic (exact) mass is 271 g/mol. The lowest BCUT2D eigenvalue weighted by Crippen LogP contribution is -2.54. The Labute approximate surface area is 112 Å². The van der Waals surface area contributed by atoms with E-state index in [2.05, 4.69) is 28.7 Å². The van der Waals surface area contributed by atoms with E-state index in [1.54, 1.807) is 19.5 Å². The second-order valence-corrected chi connectivity index (χ2v) is 5.47. The van der Waals surface area contributed by atoms with Gasteiger partial charge in [0.1, 0.15) is 0 Å². The van der Waals surface area contributed by atoms with Gasteiger partial charge in [-0.25, -0.2) is 9.97 Å². The molecular weight excluding hydrogens is 254 g/mol. The van der Waals surface area contributed by atoms with Gasteiger partial charge in [-0.1, -0.05) is 11.6 Å². The summed E-state index contributed by atoms with van der Waals surface area (Å²) < 4.78 is 11.1. The molecule has 18 heavy (non-hydrogen) atoms. The van der Waals surface area contributed by atoms with Gasteiger partial charge in [0.25, 0.3) is 0 Å². The molecule has 2 heterocycles. The molecule has 0 bridgehead atoms. The summed E-state index contributed by atoms with van der Waals surface area (Å²) in [6.07, 6.45) is 3.24. The largest absolute Gasteiger partial charge is 0.382 e. The molecule has 1 atom stereocenters. The molecule has 6 heteroatoms. The van der Waals surface area contributed by atoms with Crippen LogP contribution in [0.2, 0.25) is 5.02 Å². The quantitative estimate of drug-likeness (QED) is 0.838. The van der Waals surface area contributed by atoms with Crippen molar-refractivity contribution in [2.75, 3.05) is 31.7 Å². The number of hydrogen-bond acceptors (Lipinski definition) is 5. The van der Waals surface area contributed by atoms with Crippen molar-refractivity contribution in [3.8, 4) is 0 Å². The van der Waals surface area contributed by atoms with E-state index in [1.807, 2.05) is 0 Å². The van der Waals surface area contributed by atoms with Crippen LogP contribution in [0.1, 0.15) is 13.8 Å². The van der Waals surface area contributed by atoms with Crippen molar-refractivity contribution in [1.82, 2.24) is 9.97 Å². The molecule has 0 N–H and O–H groups in total. The Morgan fingerprint density at radius 3 is 2.78 bits per heavy atom. The minimum atomic E-state index is -0.246. The maximum atomic E-state index is 5.94. The minimum Gasteiger partial charge on any atom is -0.382 e. The van der Waals surface area contributed by atoms with E-state index in [0.29, 0.717) is 17.6 Å². The summed E-state index contributed by atoms with van der Waals surface area (Å²) in [4.78, 5) is 10.6. The molecule has 5 nitrogen and oxygen atoms in total. The zero-order chi connectivity index (χ0) is 13.2. The van der Waals surface area contributed by atoms with Crippen molar-refractivity contribution in [3.63, 3.8) is 0 Å². The van der Waals surface area contributed by atoms with Gasteiger partial charge < -0.3 is 14.4 Å². The Bertz CT molecular complexity index is 397. The van der Waals surface area contributed by atoms with Crippen LogP contribution in [0.4, 0.5) is 5.95 Å². The van der Waals surface area contributed by atoms with Crippen molar-refractivity contribution in [3.05, 3.63) is 17.4 Å². The van der Waals surface area contributed by atoms with E-state index in [1.165, 1.54) is 0 Å². The van der Waals surface area contributed by atoms with Gasteiger partial charge in [-0.2, -0.15) is 0 Å². The first-order valence-corrected chi connectivity index (χ1v) is 6.27. The van der Waals surface area contributed by atoms with Crippen molar-refractivity contribution < 1.29 is 9.47 Å². The Hall–Kier alpha value is -0.910. The Morgan fingerprint density at radius 1 is 1.50 bits per heavy atom. The van der Waals surface area contributed by atoms with Gasteiger partial charge in [0.2, 0.25) is 5.95 Å². The average Bonchev–Trinajstić information content (AvgIpc) is 2.28. The Balaban J connectivity index is 2.14. The van der Waals surface area contributed by atoms with E-state index in [-0.39, 0.29) is 11.7 Å². The third kappa shape index (κ3) is 3.31. The van der Waals surface area contributed by atoms with Gasteiger partial charge in [-0.3, -0.25) is 0 Å². The number of halogens is 1. The highest BCUT2D eigenvalue weighted by Crippen LogP contribution is 2.24. The first-order valence-electron chi connectivity index (χ1n) is 5.89. The van der Waals surface area contributed by atoms with E-state index in [9.17, 15) is 0 Å². The molecule has 0 aromatic carbocycles. The highest BCUT2D eigenvalue weighted by molar-refractivity contribution is 6.30. The first-order chi connectivity index (χ1) is 8.50. The molecule has 1 aromatic rings. The maximum absolute atomic E-state index is 5.94. The minimum absolute atomic E-state index is 0.0260. The zero-order valence-electron chi connectivity index (χ0n) is 10.9. The standard InChI is InChI=1S/C12H18ClN3O2/c1-12(2)8-16(6-10(18-12)7-17-3)11-14-4-9(13)5-15-11/h4-5,10H,6-8H2,1-3H3/t10-/m0/s1. The molecule has 0 unspecified atom stereocenters. The van der Waals surface area contributed by atoms with Gasteiger partial charge in [0, 0.05) is 20.2 Å². The van der Waals surface area contributed by atoms with Gasteiger partial charge in [-0.05, 0) is 13.8 Å². The highest BCUT2D eigenvalue weighted by Gasteiger charge is 2.34. The topological polar surface area (TPSA) is 47.5 Å². The molecule has 0 radical (unpaired) electrons. The van der Waals surface area contributed by atoms with Crippen LogP contribution in [-0.4, -0.2) is 48.5 Å². The number of anilines is 1. The predicted octanol–water partition coefficient (Wildman–Crippen LogP) is 1.76. The van der Waals surface area contributed by atoms with Crippen LogP contribution in [0.3, 0.4) is 0 Å². The number of aromatic nitrogens is 2. The maximum Gasteiger partial charge on any atom is 0.225 e. The molecule has 1 aliphatic rings. The number of hydrogen-bond donors (Lipinski definition) is 0. The fourth-order valence-electron chi connectivity index (χ4n) is 2.19. The molecule has 1 aromatic heterocycles. The number of rotatable bonds is 3. The SMILES string of the molecule is COC[C@@H]1CN(c2ncc(Cl)cn2)CC(C)(C)O1. The summed E-state index contributed by atoms with van der Waals surface area (Å²) in [5.74, 6) is 0.678. The van der Waals surface area contributed by atoms with Crippen molar-refractivity contribution in [2.24, 2.45) is 0 Å². The summed E-state index contributed by atoms with van der Waals surface area (Å²) in [7, 11) is 1.67. The van der Waals surface area contributed by atoms with Crippen LogP contribution < -0.4 is 4.90 Å². The van der Waals surface area contributed by atoms with E-state index < -0.39 is 0 Å². The molecule has 0 saturated carbocycles. The Kier molecular flexibility index (Phi) is 4.04. The number of morpholine rings is 1. The van der Waals surface area contributed by atoms with Gasteiger partial charge in [0.15, 0.2) is 0 Å². The smallest absolute Gasteiger partial charge is 0.225 e. The third-order valence-corrected chi connectivity index (χ3v) is 2.92. The van der Waals surface area contributed by atoms with Crippen LogP contribution in [0.25, 0.3) is 0 Å². The Morgan fingerprint density at radius 2 is 2.17 bits per heavy atom. The number of methoxy groups -OCH3 is 1. The predicted molar refractivity (Wildman–Crippen MR) is 70.1 cm³/mol. The first kappa shape index (κ1) is 13.5. The molecule has 1 saturated heterocycles. The van der Waals surface area contributed by atoms with Gasteiger partial charge >= 0.3 is 0 Å². The second kappa shape index (κ2) is 5.38. The van der Waals surface area contributed by atoms with E-state index >= 15 is 0 Å². The lowest BCUT2D eigenvalue weighted by molar-refractivity contribution is -0.106. The second-order valence-electron chi connectivity index (χ2n) is 5.04. The summed E-state index contributed by atoms with van der Waals surface area (Å²) in [6.45, 7) is 6.14. The molecule has 0 spiro atoms. The molecule has 2 rings (SSSR count). The fraction of sp³-hybridized carbons (Fsp3) is 0.667. The fourth-order valence-corrected chi connectivity index (χ4v) is 2.29. The highest BCUT2D eigenvalue weighted by atomic mass is 35.5. The zero-order valence-corrected chi connectivity index (χ0v) is 11.6. The van der Waals surface area contributed by atoms with Crippen LogP contribution in [0, 0.1) is 0 Å². The van der Waals surface area contributed by atoms with Crippen molar-refractivity contribution in [2.45, 2.75) is 25.6 Å². The van der Waals surface area contributed by atoms with Gasteiger partial charge in [-0.15, -0.1) is 0 Å². The summed E-state index contributed by atoms with van der Waals surface area (Å²) in [5.41, 5.74) is -0.246. The van der Waals surface area contributed by atoms with Crippen LogP contribution in [0.5, 0.6) is 0 Å². The number of nitrogens with zero attached hydrogens (tertiary/aromatic N) is 3. The summed E-state index contributed by atoms with van der Waals surface area (Å²) >= 11 is 5.80. The van der Waals surface area contributed by atoms with Crippen molar-refractivity contribution >= 4 is 17.5 Å². The van der Waals surface area contributed by atoms with E-state index in [0.717, 1.165) is 13.1 Å². The summed E-state index contributed by atoms with van der Waals surface area (Å²) in [5, 5.41) is 0.541. The molecule has 1 aliphatic heterocycles. The molecule has 100 valence electrons. The molecule has 0 amide bonds. The third-order valence-electron chi connectivity index (χ3n) is 2.72. The summed E-state index contributed by atoms with van der Waals surface area (Å²) in [6, 6.07) is 0. The average molecular weight is 272 g/mol. The van der Waals surface area contributed by atoms with Crippen LogP contribution in [-0.2, 0) is 9.47 Å². The normalized spacial score (nSPS) is 23.1. The lowest BCUT2D eigenvalue weighted by atomic mass is 10.1. The van der Waals surface area contributed by atoms with Gasteiger partial charge in [0.05, 0.1) is 35.7 Å². The van der Waals surface area contributed by atoms with E-state index in [4.69, 9.17) is 21.1 Å². The van der Waals surface area contributed by atoms with Crippen LogP contribution in [0.15, 0.2) is 12.4 Å². The molecule has 1 fully saturated rings. The van der Waals surface area contributed by atoms with Crippen molar-refractivity contribution in [1.29, 1.82) is 0 Å².